The number of allylic oxidation sites excluding steroid dienone is 1. The first-order valence-corrected chi connectivity index (χ1v) is 7.09. The lowest BCUT2D eigenvalue weighted by Crippen LogP contribution is -2.42. The van der Waals surface area contributed by atoms with Crippen LogP contribution in [0.2, 0.25) is 0 Å². The van der Waals surface area contributed by atoms with Crippen LogP contribution in [0.15, 0.2) is 42.5 Å². The minimum atomic E-state index is -0.0364. The van der Waals surface area contributed by atoms with E-state index in [1.54, 1.807) is 0 Å². The van der Waals surface area contributed by atoms with Gasteiger partial charge in [-0.1, -0.05) is 42.5 Å². The summed E-state index contributed by atoms with van der Waals surface area (Å²) in [6.45, 7) is 1.29. The summed E-state index contributed by atoms with van der Waals surface area (Å²) in [7, 11) is 0. The lowest BCUT2D eigenvalue weighted by molar-refractivity contribution is -0.119. The SMILES string of the molecule is O=C[C@H]1C[C@@H]2C=C[C@@]1(COCc1ccccc1)CC2. The smallest absolute Gasteiger partial charge is 0.124 e. The second-order valence-electron chi connectivity index (χ2n) is 5.85. The zero-order chi connectivity index (χ0) is 13.1. The summed E-state index contributed by atoms with van der Waals surface area (Å²) in [5, 5.41) is 0. The molecule has 0 spiro atoms. The van der Waals surface area contributed by atoms with Crippen LogP contribution in [-0.2, 0) is 16.1 Å². The Bertz CT molecular complexity index is 465. The second-order valence-corrected chi connectivity index (χ2v) is 5.85. The van der Waals surface area contributed by atoms with Crippen LogP contribution < -0.4 is 0 Å². The van der Waals surface area contributed by atoms with E-state index >= 15 is 0 Å². The van der Waals surface area contributed by atoms with Gasteiger partial charge < -0.3 is 9.53 Å². The van der Waals surface area contributed by atoms with Crippen LogP contribution in [0.3, 0.4) is 0 Å². The summed E-state index contributed by atoms with van der Waals surface area (Å²) in [6.07, 6.45) is 8.97. The van der Waals surface area contributed by atoms with Gasteiger partial charge in [-0.15, -0.1) is 0 Å². The van der Waals surface area contributed by atoms with E-state index in [0.29, 0.717) is 19.1 Å². The van der Waals surface area contributed by atoms with Crippen molar-refractivity contribution in [3.63, 3.8) is 0 Å². The van der Waals surface area contributed by atoms with E-state index in [0.717, 1.165) is 19.1 Å². The van der Waals surface area contributed by atoms with Crippen molar-refractivity contribution >= 4 is 6.29 Å². The molecule has 2 bridgehead atoms. The average molecular weight is 256 g/mol. The van der Waals surface area contributed by atoms with Crippen molar-refractivity contribution in [3.8, 4) is 0 Å². The van der Waals surface area contributed by atoms with Crippen molar-refractivity contribution in [3.05, 3.63) is 48.0 Å². The van der Waals surface area contributed by atoms with E-state index in [9.17, 15) is 4.79 Å². The van der Waals surface area contributed by atoms with Crippen LogP contribution in [0.1, 0.15) is 24.8 Å². The Hall–Kier alpha value is -1.41. The second kappa shape index (κ2) is 5.30. The minimum absolute atomic E-state index is 0.0364. The Balaban J connectivity index is 1.63. The summed E-state index contributed by atoms with van der Waals surface area (Å²) in [6, 6.07) is 10.2. The number of carbonyl (C=O) groups excluding carboxylic acids is 1. The largest absolute Gasteiger partial charge is 0.376 e. The van der Waals surface area contributed by atoms with Gasteiger partial charge in [0.2, 0.25) is 0 Å². The molecule has 1 saturated carbocycles. The van der Waals surface area contributed by atoms with Crippen molar-refractivity contribution in [2.24, 2.45) is 17.3 Å². The standard InChI is InChI=1S/C17H20O2/c18-11-16-10-14-6-8-17(16,9-7-14)13-19-12-15-4-2-1-3-5-15/h1-6,8,11,14,16H,7,9-10,12-13H2/t14-,16-,17+/m1/s1. The van der Waals surface area contributed by atoms with E-state index in [1.165, 1.54) is 12.0 Å². The first-order chi connectivity index (χ1) is 9.32. The topological polar surface area (TPSA) is 26.3 Å². The summed E-state index contributed by atoms with van der Waals surface area (Å²) >= 11 is 0. The van der Waals surface area contributed by atoms with E-state index < -0.39 is 0 Å². The molecule has 0 aliphatic heterocycles. The number of hydrogen-bond acceptors (Lipinski definition) is 2. The zero-order valence-corrected chi connectivity index (χ0v) is 11.1. The lowest BCUT2D eigenvalue weighted by atomic mass is 9.60. The minimum Gasteiger partial charge on any atom is -0.376 e. The highest BCUT2D eigenvalue weighted by Gasteiger charge is 2.44. The molecule has 1 fully saturated rings. The molecule has 0 saturated heterocycles. The molecule has 3 atom stereocenters. The quantitative estimate of drug-likeness (QED) is 0.596. The van der Waals surface area contributed by atoms with Crippen molar-refractivity contribution < 1.29 is 9.53 Å². The zero-order valence-electron chi connectivity index (χ0n) is 11.1. The molecule has 100 valence electrons. The van der Waals surface area contributed by atoms with Gasteiger partial charge in [-0.25, -0.2) is 0 Å². The number of benzene rings is 1. The molecule has 1 aromatic carbocycles. The number of carbonyl (C=O) groups is 1. The molecule has 1 aromatic rings. The van der Waals surface area contributed by atoms with Gasteiger partial charge in [0.05, 0.1) is 13.2 Å². The Kier molecular flexibility index (Phi) is 3.52. The predicted octanol–water partition coefficient (Wildman–Crippen LogP) is 3.37. The van der Waals surface area contributed by atoms with Crippen LogP contribution >= 0.6 is 0 Å². The average Bonchev–Trinajstić information content (AvgIpc) is 2.49. The molecule has 19 heavy (non-hydrogen) atoms. The summed E-state index contributed by atoms with van der Waals surface area (Å²) < 4.78 is 5.90. The molecule has 2 nitrogen and oxygen atoms in total. The Morgan fingerprint density at radius 2 is 2.16 bits per heavy atom. The van der Waals surface area contributed by atoms with E-state index in [2.05, 4.69) is 24.3 Å². The van der Waals surface area contributed by atoms with Crippen molar-refractivity contribution in [1.82, 2.24) is 0 Å². The number of hydrogen-bond donors (Lipinski definition) is 0. The van der Waals surface area contributed by atoms with E-state index in [4.69, 9.17) is 4.74 Å². The van der Waals surface area contributed by atoms with Crippen molar-refractivity contribution in [1.29, 1.82) is 0 Å². The monoisotopic (exact) mass is 256 g/mol. The third kappa shape index (κ3) is 2.50. The highest BCUT2D eigenvalue weighted by molar-refractivity contribution is 5.57. The van der Waals surface area contributed by atoms with Crippen LogP contribution in [0, 0.1) is 17.3 Å². The fourth-order valence-electron chi connectivity index (χ4n) is 3.38. The van der Waals surface area contributed by atoms with E-state index in [1.807, 2.05) is 18.2 Å². The van der Waals surface area contributed by atoms with Crippen molar-refractivity contribution in [2.45, 2.75) is 25.9 Å². The molecule has 0 N–H and O–H groups in total. The Labute approximate surface area is 114 Å². The molecule has 4 rings (SSSR count). The maximum absolute atomic E-state index is 11.3. The third-order valence-corrected chi connectivity index (χ3v) is 4.62. The van der Waals surface area contributed by atoms with Gasteiger partial charge >= 0.3 is 0 Å². The number of fused-ring (bicyclic) bond motifs is 2. The van der Waals surface area contributed by atoms with Gasteiger partial charge in [0.15, 0.2) is 0 Å². The van der Waals surface area contributed by atoms with Crippen LogP contribution in [0.4, 0.5) is 0 Å². The Morgan fingerprint density at radius 1 is 1.32 bits per heavy atom. The van der Waals surface area contributed by atoms with Gasteiger partial charge in [-0.3, -0.25) is 0 Å². The predicted molar refractivity (Wildman–Crippen MR) is 74.6 cm³/mol. The molecule has 3 aliphatic carbocycles. The molecule has 0 heterocycles. The fourth-order valence-corrected chi connectivity index (χ4v) is 3.38. The van der Waals surface area contributed by atoms with E-state index in [-0.39, 0.29) is 11.3 Å². The number of ether oxygens (including phenoxy) is 1. The normalized spacial score (nSPS) is 32.4. The molecule has 2 heteroatoms. The molecule has 0 aromatic heterocycles. The Morgan fingerprint density at radius 3 is 2.84 bits per heavy atom. The highest BCUT2D eigenvalue weighted by atomic mass is 16.5. The van der Waals surface area contributed by atoms with Gasteiger partial charge in [-0.2, -0.15) is 0 Å². The summed E-state index contributed by atoms with van der Waals surface area (Å²) in [5.74, 6) is 0.762. The van der Waals surface area contributed by atoms with Gasteiger partial charge in [0.25, 0.3) is 0 Å². The van der Waals surface area contributed by atoms with Crippen LogP contribution in [-0.4, -0.2) is 12.9 Å². The first kappa shape index (κ1) is 12.6. The van der Waals surface area contributed by atoms with Crippen LogP contribution in [0.25, 0.3) is 0 Å². The highest BCUT2D eigenvalue weighted by Crippen LogP contribution is 2.49. The lowest BCUT2D eigenvalue weighted by Gasteiger charge is -2.45. The number of aldehydes is 1. The molecule has 3 aliphatic rings. The van der Waals surface area contributed by atoms with Crippen LogP contribution in [0.5, 0.6) is 0 Å². The maximum atomic E-state index is 11.3. The van der Waals surface area contributed by atoms with Crippen molar-refractivity contribution in [2.75, 3.05) is 6.61 Å². The molecular formula is C17H20O2. The maximum Gasteiger partial charge on any atom is 0.124 e. The molecule has 0 unspecified atom stereocenters. The fraction of sp³-hybridized carbons (Fsp3) is 0.471. The molecular weight excluding hydrogens is 236 g/mol. The first-order valence-electron chi connectivity index (χ1n) is 7.09. The summed E-state index contributed by atoms with van der Waals surface area (Å²) in [5.41, 5.74) is 1.15. The summed E-state index contributed by atoms with van der Waals surface area (Å²) in [4.78, 5) is 11.3. The van der Waals surface area contributed by atoms with Gasteiger partial charge in [-0.05, 0) is 30.7 Å². The third-order valence-electron chi connectivity index (χ3n) is 4.62. The molecule has 0 amide bonds. The van der Waals surface area contributed by atoms with Gasteiger partial charge in [0.1, 0.15) is 6.29 Å². The molecule has 0 radical (unpaired) electrons. The number of rotatable bonds is 5. The van der Waals surface area contributed by atoms with Gasteiger partial charge in [0, 0.05) is 11.3 Å².